The average molecular weight is 467 g/mol. The lowest BCUT2D eigenvalue weighted by molar-refractivity contribution is -0.142. The van der Waals surface area contributed by atoms with Gasteiger partial charge in [-0.3, -0.25) is 4.90 Å². The first-order chi connectivity index (χ1) is 16.1. The molecule has 0 bridgehead atoms. The Balaban J connectivity index is 1.74. The van der Waals surface area contributed by atoms with Crippen LogP contribution in [-0.2, 0) is 30.2 Å². The topological polar surface area (TPSA) is 83.5 Å². The first kappa shape index (κ1) is 24.1. The van der Waals surface area contributed by atoms with Crippen molar-refractivity contribution in [2.75, 3.05) is 19.1 Å². The van der Waals surface area contributed by atoms with Crippen LogP contribution in [0.4, 0.5) is 10.5 Å². The normalized spacial score (nSPS) is 22.3. The van der Waals surface area contributed by atoms with Gasteiger partial charge < -0.3 is 23.5 Å². The van der Waals surface area contributed by atoms with Gasteiger partial charge >= 0.3 is 19.2 Å². The van der Waals surface area contributed by atoms with Gasteiger partial charge in [0.15, 0.2) is 0 Å². The summed E-state index contributed by atoms with van der Waals surface area (Å²) in [5, 5.41) is 0. The van der Waals surface area contributed by atoms with Crippen molar-refractivity contribution < 1.29 is 33.1 Å². The minimum atomic E-state index is -1.04. The van der Waals surface area contributed by atoms with Crippen molar-refractivity contribution in [3.05, 3.63) is 59.7 Å². The molecule has 1 amide bonds. The number of esters is 1. The number of hydrogen-bond donors (Lipinski definition) is 0. The molecule has 2 aromatic rings. The summed E-state index contributed by atoms with van der Waals surface area (Å²) < 4.78 is 28.7. The second-order valence-electron chi connectivity index (χ2n) is 9.45. The highest BCUT2D eigenvalue weighted by atomic mass is 16.7. The lowest BCUT2D eigenvalue weighted by Gasteiger charge is -2.32. The Morgan fingerprint density at radius 1 is 1.00 bits per heavy atom. The van der Waals surface area contributed by atoms with E-state index in [2.05, 4.69) is 0 Å². The summed E-state index contributed by atoms with van der Waals surface area (Å²) in [7, 11) is 2.05. The van der Waals surface area contributed by atoms with E-state index in [1.54, 1.807) is 12.1 Å². The molecule has 0 radical (unpaired) electrons. The number of anilines is 1. The van der Waals surface area contributed by atoms with Gasteiger partial charge in [-0.1, -0.05) is 36.4 Å². The van der Waals surface area contributed by atoms with Crippen molar-refractivity contribution in [3.8, 4) is 5.75 Å². The van der Waals surface area contributed by atoms with Crippen LogP contribution in [0.1, 0.15) is 44.6 Å². The van der Waals surface area contributed by atoms with Crippen LogP contribution in [0.15, 0.2) is 48.5 Å². The molecule has 4 rings (SSSR count). The summed E-state index contributed by atoms with van der Waals surface area (Å²) in [6.45, 7) is 7.82. The molecule has 2 aliphatic rings. The molecule has 1 fully saturated rings. The molecule has 0 N–H and O–H groups in total. The summed E-state index contributed by atoms with van der Waals surface area (Å²) in [6, 6.07) is 13.6. The van der Waals surface area contributed by atoms with E-state index in [9.17, 15) is 9.59 Å². The summed E-state index contributed by atoms with van der Waals surface area (Å²) in [6.07, 6.45) is -0.673. The largest absolute Gasteiger partial charge is 0.497 e. The van der Waals surface area contributed by atoms with Gasteiger partial charge in [0.25, 0.3) is 0 Å². The number of methoxy groups -OCH3 is 2. The van der Waals surface area contributed by atoms with E-state index in [4.69, 9.17) is 23.5 Å². The third-order valence-electron chi connectivity index (χ3n) is 6.88. The zero-order valence-electron chi connectivity index (χ0n) is 20.4. The fourth-order valence-electron chi connectivity index (χ4n) is 4.33. The first-order valence-corrected chi connectivity index (χ1v) is 11.2. The van der Waals surface area contributed by atoms with E-state index in [-0.39, 0.29) is 6.61 Å². The summed E-state index contributed by atoms with van der Waals surface area (Å²) in [5.74, 6) is -0.678. The molecular formula is C25H30BNO7. The van der Waals surface area contributed by atoms with Crippen molar-refractivity contribution in [2.45, 2.75) is 57.4 Å². The van der Waals surface area contributed by atoms with Crippen LogP contribution in [0.3, 0.4) is 0 Å². The Morgan fingerprint density at radius 2 is 1.65 bits per heavy atom. The van der Waals surface area contributed by atoms with Crippen LogP contribution in [0.25, 0.3) is 0 Å². The van der Waals surface area contributed by atoms with Gasteiger partial charge in [0, 0.05) is 6.07 Å². The van der Waals surface area contributed by atoms with Gasteiger partial charge in [0.1, 0.15) is 18.4 Å². The quantitative estimate of drug-likeness (QED) is 0.484. The van der Waals surface area contributed by atoms with Crippen LogP contribution < -0.4 is 9.64 Å². The Hall–Kier alpha value is -3.04. The number of hydrogen-bond acceptors (Lipinski definition) is 7. The number of benzene rings is 2. The van der Waals surface area contributed by atoms with Crippen molar-refractivity contribution in [1.29, 1.82) is 0 Å². The summed E-state index contributed by atoms with van der Waals surface area (Å²) in [5.41, 5.74) is 0.801. The van der Waals surface area contributed by atoms with E-state index in [1.807, 2.05) is 64.1 Å². The standard InChI is InChI=1S/C25H30BNO7/c1-24(2)25(3,4)34-26(33-24)20-18-13-12-17(30-5)14-19(18)27(21(20)22(28)31-6)23(29)32-15-16-10-8-7-9-11-16/h7-14,20-21H,15H2,1-6H3/t20-,21?/m0/s1. The highest BCUT2D eigenvalue weighted by molar-refractivity contribution is 6.49. The Morgan fingerprint density at radius 3 is 2.24 bits per heavy atom. The number of carbonyl (C=O) groups excluding carboxylic acids is 2. The van der Waals surface area contributed by atoms with Gasteiger partial charge in [0.05, 0.1) is 36.9 Å². The van der Waals surface area contributed by atoms with E-state index in [0.717, 1.165) is 5.56 Å². The minimum absolute atomic E-state index is 0.0600. The third-order valence-corrected chi connectivity index (χ3v) is 6.88. The molecule has 2 atom stereocenters. The second-order valence-corrected chi connectivity index (χ2v) is 9.45. The van der Waals surface area contributed by atoms with E-state index < -0.39 is 42.2 Å². The molecule has 180 valence electrons. The fourth-order valence-corrected chi connectivity index (χ4v) is 4.33. The Kier molecular flexibility index (Phi) is 6.35. The van der Waals surface area contributed by atoms with Crippen LogP contribution >= 0.6 is 0 Å². The minimum Gasteiger partial charge on any atom is -0.497 e. The van der Waals surface area contributed by atoms with Crippen LogP contribution in [0.5, 0.6) is 5.75 Å². The molecule has 0 aliphatic carbocycles. The molecule has 0 saturated carbocycles. The number of rotatable bonds is 5. The smallest absolute Gasteiger partial charge is 0.468 e. The first-order valence-electron chi connectivity index (χ1n) is 11.2. The van der Waals surface area contributed by atoms with E-state index >= 15 is 0 Å². The molecule has 1 saturated heterocycles. The molecule has 0 spiro atoms. The van der Waals surface area contributed by atoms with Crippen molar-refractivity contribution in [2.24, 2.45) is 0 Å². The predicted octanol–water partition coefficient (Wildman–Crippen LogP) is 4.11. The van der Waals surface area contributed by atoms with Crippen molar-refractivity contribution in [1.82, 2.24) is 0 Å². The Bertz CT molecular complexity index is 1060. The molecule has 8 nitrogen and oxygen atoms in total. The Labute approximate surface area is 200 Å². The monoisotopic (exact) mass is 467 g/mol. The maximum atomic E-state index is 13.4. The third kappa shape index (κ3) is 4.14. The lowest BCUT2D eigenvalue weighted by atomic mass is 9.65. The lowest BCUT2D eigenvalue weighted by Crippen LogP contribution is -2.49. The molecule has 34 heavy (non-hydrogen) atoms. The second kappa shape index (κ2) is 8.96. The van der Waals surface area contributed by atoms with Gasteiger partial charge in [-0.15, -0.1) is 0 Å². The SMILES string of the molecule is COC(=O)C1[C@@H](B2OC(C)(C)C(C)(C)O2)c2ccc(OC)cc2N1C(=O)OCc1ccccc1. The number of fused-ring (bicyclic) bond motifs is 1. The van der Waals surface area contributed by atoms with Gasteiger partial charge in [-0.05, 0) is 44.9 Å². The summed E-state index contributed by atoms with van der Waals surface area (Å²) >= 11 is 0. The van der Waals surface area contributed by atoms with Crippen LogP contribution in [0, 0.1) is 0 Å². The van der Waals surface area contributed by atoms with Crippen molar-refractivity contribution >= 4 is 24.9 Å². The fraction of sp³-hybridized carbons (Fsp3) is 0.440. The molecule has 2 heterocycles. The van der Waals surface area contributed by atoms with Crippen LogP contribution in [-0.4, -0.2) is 50.6 Å². The predicted molar refractivity (Wildman–Crippen MR) is 127 cm³/mol. The maximum Gasteiger partial charge on any atom is 0.468 e. The van der Waals surface area contributed by atoms with E-state index in [0.29, 0.717) is 17.0 Å². The summed E-state index contributed by atoms with van der Waals surface area (Å²) in [4.78, 5) is 27.8. The van der Waals surface area contributed by atoms with Gasteiger partial charge in [0.2, 0.25) is 0 Å². The molecule has 2 aliphatic heterocycles. The average Bonchev–Trinajstić information content (AvgIpc) is 3.26. The molecule has 9 heteroatoms. The maximum absolute atomic E-state index is 13.4. The number of nitrogens with zero attached hydrogens (tertiary/aromatic N) is 1. The molecule has 0 aromatic heterocycles. The number of amides is 1. The zero-order valence-corrected chi connectivity index (χ0v) is 20.4. The van der Waals surface area contributed by atoms with Gasteiger partial charge in [-0.2, -0.15) is 0 Å². The highest BCUT2D eigenvalue weighted by Crippen LogP contribution is 2.49. The zero-order chi connectivity index (χ0) is 24.7. The highest BCUT2D eigenvalue weighted by Gasteiger charge is 2.61. The molecule has 2 aromatic carbocycles. The number of carbonyl (C=O) groups is 2. The molecular weight excluding hydrogens is 437 g/mol. The van der Waals surface area contributed by atoms with Crippen molar-refractivity contribution in [3.63, 3.8) is 0 Å². The molecule has 1 unspecified atom stereocenters. The van der Waals surface area contributed by atoms with Crippen LogP contribution in [0.2, 0.25) is 0 Å². The van der Waals surface area contributed by atoms with E-state index in [1.165, 1.54) is 19.1 Å². The number of ether oxygens (including phenoxy) is 3. The van der Waals surface area contributed by atoms with Gasteiger partial charge in [-0.25, -0.2) is 9.59 Å².